The maximum absolute atomic E-state index is 12.6. The van der Waals surface area contributed by atoms with Crippen molar-refractivity contribution in [3.8, 4) is 0 Å². The Hall–Kier alpha value is -1.73. The van der Waals surface area contributed by atoms with Crippen molar-refractivity contribution in [2.75, 3.05) is 31.1 Å². The number of aliphatic hydroxyl groups is 2. The summed E-state index contributed by atoms with van der Waals surface area (Å²) in [4.78, 5) is 25.2. The largest absolute Gasteiger partial charge is 0.390 e. The average molecular weight is 320 g/mol. The van der Waals surface area contributed by atoms with Crippen LogP contribution in [-0.4, -0.2) is 69.4 Å². The highest BCUT2D eigenvalue weighted by atomic mass is 16.3. The first-order valence-electron chi connectivity index (χ1n) is 8.30. The van der Waals surface area contributed by atoms with E-state index in [0.29, 0.717) is 30.2 Å². The van der Waals surface area contributed by atoms with Gasteiger partial charge in [-0.15, -0.1) is 0 Å². The Kier molecular flexibility index (Phi) is 4.77. The summed E-state index contributed by atoms with van der Waals surface area (Å²) >= 11 is 0. The summed E-state index contributed by atoms with van der Waals surface area (Å²) in [5, 5.41) is 19.3. The van der Waals surface area contributed by atoms with Crippen molar-refractivity contribution >= 4 is 11.9 Å². The van der Waals surface area contributed by atoms with Crippen LogP contribution in [0.3, 0.4) is 0 Å². The van der Waals surface area contributed by atoms with Crippen molar-refractivity contribution in [1.82, 2.24) is 14.9 Å². The molecule has 23 heavy (non-hydrogen) atoms. The van der Waals surface area contributed by atoms with Crippen molar-refractivity contribution in [3.63, 3.8) is 0 Å². The van der Waals surface area contributed by atoms with Gasteiger partial charge < -0.3 is 20.0 Å². The number of piperidine rings is 2. The summed E-state index contributed by atoms with van der Waals surface area (Å²) in [6, 6.07) is 0. The molecule has 2 saturated heterocycles. The molecule has 2 fully saturated rings. The summed E-state index contributed by atoms with van der Waals surface area (Å²) in [6.07, 6.45) is 3.88. The second kappa shape index (κ2) is 6.80. The zero-order valence-electron chi connectivity index (χ0n) is 13.5. The van der Waals surface area contributed by atoms with Crippen LogP contribution in [0.1, 0.15) is 41.7 Å². The lowest BCUT2D eigenvalue weighted by Gasteiger charge is -2.33. The van der Waals surface area contributed by atoms with Crippen molar-refractivity contribution in [2.24, 2.45) is 0 Å². The maximum atomic E-state index is 12.6. The van der Waals surface area contributed by atoms with Gasteiger partial charge in [-0.25, -0.2) is 9.97 Å². The highest BCUT2D eigenvalue weighted by Crippen LogP contribution is 2.19. The Morgan fingerprint density at radius 1 is 1.17 bits per heavy atom. The maximum Gasteiger partial charge on any atom is 0.257 e. The van der Waals surface area contributed by atoms with Gasteiger partial charge in [0.2, 0.25) is 5.95 Å². The number of rotatable bonds is 2. The van der Waals surface area contributed by atoms with E-state index in [2.05, 4.69) is 14.9 Å². The second-order valence-electron chi connectivity index (χ2n) is 6.39. The molecule has 0 unspecified atom stereocenters. The van der Waals surface area contributed by atoms with Gasteiger partial charge in [-0.05, 0) is 32.6 Å². The number of hydrogen-bond donors (Lipinski definition) is 2. The number of anilines is 1. The fourth-order valence-electron chi connectivity index (χ4n) is 3.19. The van der Waals surface area contributed by atoms with E-state index in [1.165, 1.54) is 6.42 Å². The lowest BCUT2D eigenvalue weighted by molar-refractivity contribution is -0.0322. The smallest absolute Gasteiger partial charge is 0.257 e. The molecule has 1 aromatic rings. The van der Waals surface area contributed by atoms with E-state index < -0.39 is 12.2 Å². The molecule has 2 aliphatic rings. The van der Waals surface area contributed by atoms with Crippen molar-refractivity contribution in [1.29, 1.82) is 0 Å². The molecule has 7 heteroatoms. The number of hydrogen-bond acceptors (Lipinski definition) is 6. The van der Waals surface area contributed by atoms with Crippen LogP contribution in [0, 0.1) is 6.92 Å². The standard InChI is InChI=1S/C16H24N4O3/c1-11-12(15(23)20-8-5-13(21)14(22)10-20)9-17-16(18-11)19-6-3-2-4-7-19/h9,13-14,21-22H,2-8,10H2,1H3/t13-,14-/m1/s1. The highest BCUT2D eigenvalue weighted by Gasteiger charge is 2.30. The van der Waals surface area contributed by atoms with Crippen LogP contribution in [0.25, 0.3) is 0 Å². The van der Waals surface area contributed by atoms with E-state index in [1.54, 1.807) is 11.1 Å². The Morgan fingerprint density at radius 3 is 2.57 bits per heavy atom. The summed E-state index contributed by atoms with van der Waals surface area (Å²) < 4.78 is 0. The van der Waals surface area contributed by atoms with Gasteiger partial charge in [0.1, 0.15) is 0 Å². The quantitative estimate of drug-likeness (QED) is 0.817. The van der Waals surface area contributed by atoms with Gasteiger partial charge in [0, 0.05) is 32.4 Å². The van der Waals surface area contributed by atoms with Gasteiger partial charge in [-0.1, -0.05) is 0 Å². The number of amides is 1. The third kappa shape index (κ3) is 3.45. The lowest BCUT2D eigenvalue weighted by atomic mass is 10.0. The van der Waals surface area contributed by atoms with E-state index in [-0.39, 0.29) is 12.5 Å². The summed E-state index contributed by atoms with van der Waals surface area (Å²) in [7, 11) is 0. The first kappa shape index (κ1) is 16.1. The van der Waals surface area contributed by atoms with Crippen LogP contribution in [0.15, 0.2) is 6.20 Å². The number of β-amino-alcohol motifs (C(OH)–C–C–N with tert-alkyl or cyclic N) is 1. The molecule has 0 aliphatic carbocycles. The molecule has 2 aliphatic heterocycles. The summed E-state index contributed by atoms with van der Waals surface area (Å²) in [5.41, 5.74) is 1.13. The summed E-state index contributed by atoms with van der Waals surface area (Å²) in [5.74, 6) is 0.506. The summed E-state index contributed by atoms with van der Waals surface area (Å²) in [6.45, 7) is 4.32. The fourth-order valence-corrected chi connectivity index (χ4v) is 3.19. The van der Waals surface area contributed by atoms with Crippen molar-refractivity contribution in [2.45, 2.75) is 44.8 Å². The molecule has 2 atom stereocenters. The number of aliphatic hydroxyl groups excluding tert-OH is 2. The van der Waals surface area contributed by atoms with Crippen molar-refractivity contribution < 1.29 is 15.0 Å². The Balaban J connectivity index is 1.73. The highest BCUT2D eigenvalue weighted by molar-refractivity contribution is 5.95. The molecule has 1 aromatic heterocycles. The molecule has 0 bridgehead atoms. The molecule has 3 heterocycles. The second-order valence-corrected chi connectivity index (χ2v) is 6.39. The molecule has 0 radical (unpaired) electrons. The van der Waals surface area contributed by atoms with Gasteiger partial charge in [0.25, 0.3) is 5.91 Å². The van der Waals surface area contributed by atoms with Gasteiger partial charge in [0.15, 0.2) is 0 Å². The van der Waals surface area contributed by atoms with E-state index in [0.717, 1.165) is 25.9 Å². The number of aromatic nitrogens is 2. The van der Waals surface area contributed by atoms with Crippen LogP contribution >= 0.6 is 0 Å². The zero-order valence-corrected chi connectivity index (χ0v) is 13.5. The molecule has 1 amide bonds. The fraction of sp³-hybridized carbons (Fsp3) is 0.688. The van der Waals surface area contributed by atoms with Crippen LogP contribution < -0.4 is 4.90 Å². The first-order valence-corrected chi connectivity index (χ1v) is 8.30. The number of carbonyl (C=O) groups is 1. The minimum absolute atomic E-state index is 0.146. The van der Waals surface area contributed by atoms with Gasteiger partial charge in [-0.3, -0.25) is 4.79 Å². The molecule has 0 saturated carbocycles. The molecular formula is C16H24N4O3. The normalized spacial score (nSPS) is 25.5. The van der Waals surface area contributed by atoms with Crippen LogP contribution in [0.2, 0.25) is 0 Å². The predicted molar refractivity (Wildman–Crippen MR) is 85.4 cm³/mol. The first-order chi connectivity index (χ1) is 11.1. The van der Waals surface area contributed by atoms with E-state index >= 15 is 0 Å². The Labute approximate surface area is 136 Å². The topological polar surface area (TPSA) is 89.8 Å². The molecule has 2 N–H and O–H groups in total. The number of nitrogens with zero attached hydrogens (tertiary/aromatic N) is 4. The average Bonchev–Trinajstić information content (AvgIpc) is 2.57. The molecule has 0 spiro atoms. The van der Waals surface area contributed by atoms with Crippen LogP contribution in [0.4, 0.5) is 5.95 Å². The SMILES string of the molecule is Cc1nc(N2CCCCC2)ncc1C(=O)N1CC[C@@H](O)[C@H](O)C1. The minimum atomic E-state index is -0.887. The minimum Gasteiger partial charge on any atom is -0.390 e. The molecule has 126 valence electrons. The number of likely N-dealkylation sites (tertiary alicyclic amines) is 1. The zero-order chi connectivity index (χ0) is 16.4. The molecule has 3 rings (SSSR count). The van der Waals surface area contributed by atoms with Gasteiger partial charge in [-0.2, -0.15) is 0 Å². The molecular weight excluding hydrogens is 296 g/mol. The van der Waals surface area contributed by atoms with E-state index in [4.69, 9.17) is 0 Å². The molecule has 0 aromatic carbocycles. The van der Waals surface area contributed by atoms with Crippen LogP contribution in [0.5, 0.6) is 0 Å². The number of carbonyl (C=O) groups excluding carboxylic acids is 1. The Bertz CT molecular complexity index is 574. The number of aryl methyl sites for hydroxylation is 1. The van der Waals surface area contributed by atoms with E-state index in [1.807, 2.05) is 6.92 Å². The van der Waals surface area contributed by atoms with Gasteiger partial charge in [0.05, 0.1) is 23.5 Å². The van der Waals surface area contributed by atoms with E-state index in [9.17, 15) is 15.0 Å². The van der Waals surface area contributed by atoms with Crippen molar-refractivity contribution in [3.05, 3.63) is 17.5 Å². The lowest BCUT2D eigenvalue weighted by Crippen LogP contribution is -2.49. The molecule has 7 nitrogen and oxygen atoms in total. The monoisotopic (exact) mass is 320 g/mol. The third-order valence-electron chi connectivity index (χ3n) is 4.67. The Morgan fingerprint density at radius 2 is 1.91 bits per heavy atom. The predicted octanol–water partition coefficient (Wildman–Crippen LogP) is 0.343. The third-order valence-corrected chi connectivity index (χ3v) is 4.67. The van der Waals surface area contributed by atoms with Gasteiger partial charge >= 0.3 is 0 Å². The van der Waals surface area contributed by atoms with Crippen LogP contribution in [-0.2, 0) is 0 Å².